The van der Waals surface area contributed by atoms with Crippen molar-refractivity contribution >= 4 is 23.2 Å². The van der Waals surface area contributed by atoms with E-state index in [9.17, 15) is 4.79 Å². The molecule has 2 aliphatic heterocycles. The van der Waals surface area contributed by atoms with Crippen LogP contribution in [0.4, 0.5) is 16.2 Å². The first-order chi connectivity index (χ1) is 15.6. The van der Waals surface area contributed by atoms with Crippen LogP contribution in [0.15, 0.2) is 71.7 Å². The van der Waals surface area contributed by atoms with Gasteiger partial charge in [0.2, 0.25) is 0 Å². The number of fused-ring (bicyclic) bond motifs is 2. The third-order valence-corrected chi connectivity index (χ3v) is 5.86. The summed E-state index contributed by atoms with van der Waals surface area (Å²) >= 11 is 0. The van der Waals surface area contributed by atoms with Crippen LogP contribution in [-0.2, 0) is 0 Å². The second-order valence-corrected chi connectivity index (χ2v) is 8.28. The number of urea groups is 1. The molecule has 0 atom stereocenters. The van der Waals surface area contributed by atoms with E-state index in [4.69, 9.17) is 9.73 Å². The van der Waals surface area contributed by atoms with Gasteiger partial charge in [-0.3, -0.25) is 0 Å². The van der Waals surface area contributed by atoms with Gasteiger partial charge in [0.25, 0.3) is 0 Å². The molecule has 2 aliphatic rings. The fourth-order valence-electron chi connectivity index (χ4n) is 4.04. The average molecular weight is 427 g/mol. The molecule has 32 heavy (non-hydrogen) atoms. The number of aliphatic imine (C=N–C) groups is 1. The largest absolute Gasteiger partial charge is 0.454 e. The fraction of sp³-hybridized carbons (Fsp3) is 0.231. The Balaban J connectivity index is 1.35. The van der Waals surface area contributed by atoms with Crippen molar-refractivity contribution in [1.82, 2.24) is 9.80 Å². The molecule has 6 heteroatoms. The Labute approximate surface area is 188 Å². The minimum absolute atomic E-state index is 0.0683. The van der Waals surface area contributed by atoms with Gasteiger partial charge in [0.1, 0.15) is 17.3 Å². The number of hydrogen-bond acceptors (Lipinski definition) is 4. The molecule has 6 nitrogen and oxygen atoms in total. The molecule has 3 aromatic carbocycles. The molecule has 0 aliphatic carbocycles. The van der Waals surface area contributed by atoms with Crippen LogP contribution in [0, 0.1) is 13.8 Å². The summed E-state index contributed by atoms with van der Waals surface area (Å²) in [6.45, 7) is 6.76. The van der Waals surface area contributed by atoms with E-state index in [1.807, 2.05) is 66.4 Å². The van der Waals surface area contributed by atoms with Crippen molar-refractivity contribution in [3.8, 4) is 11.5 Å². The van der Waals surface area contributed by atoms with Gasteiger partial charge in [-0.1, -0.05) is 41.5 Å². The van der Waals surface area contributed by atoms with Crippen molar-refractivity contribution < 1.29 is 9.53 Å². The summed E-state index contributed by atoms with van der Waals surface area (Å²) in [4.78, 5) is 21.8. The first-order valence-corrected chi connectivity index (χ1v) is 10.9. The molecule has 1 saturated heterocycles. The van der Waals surface area contributed by atoms with Gasteiger partial charge in [-0.2, -0.15) is 0 Å². The van der Waals surface area contributed by atoms with Gasteiger partial charge in [-0.05, 0) is 50.2 Å². The van der Waals surface area contributed by atoms with Crippen molar-refractivity contribution in [2.75, 3.05) is 31.5 Å². The highest BCUT2D eigenvalue weighted by Gasteiger charge is 2.27. The van der Waals surface area contributed by atoms with Crippen LogP contribution >= 0.6 is 0 Å². The zero-order valence-corrected chi connectivity index (χ0v) is 18.3. The van der Waals surface area contributed by atoms with Crippen molar-refractivity contribution in [2.45, 2.75) is 13.8 Å². The minimum Gasteiger partial charge on any atom is -0.454 e. The van der Waals surface area contributed by atoms with Crippen LogP contribution < -0.4 is 10.1 Å². The number of carbonyl (C=O) groups excluding carboxylic acids is 1. The van der Waals surface area contributed by atoms with Crippen molar-refractivity contribution in [3.05, 3.63) is 83.4 Å². The van der Waals surface area contributed by atoms with E-state index in [0.717, 1.165) is 39.8 Å². The molecule has 3 aromatic rings. The average Bonchev–Trinajstić information content (AvgIpc) is 2.97. The molecule has 1 fully saturated rings. The summed E-state index contributed by atoms with van der Waals surface area (Å²) in [6, 6.07) is 21.8. The standard InChI is InChI=1S/C26H26N4O2/c1-18-7-10-20(11-8-18)27-26(31)30-15-13-29(14-16-30)25-21-17-19(2)9-12-23(21)32-24-6-4-3-5-22(24)28-25/h3-12,17H,13-16H2,1-2H3,(H,27,31). The summed E-state index contributed by atoms with van der Waals surface area (Å²) in [6.07, 6.45) is 0. The SMILES string of the molecule is Cc1ccc(NC(=O)N2CCN(C3=Nc4ccccc4Oc4ccc(C)cc43)CC2)cc1. The highest BCUT2D eigenvalue weighted by atomic mass is 16.5. The first-order valence-electron chi connectivity index (χ1n) is 10.9. The number of para-hydroxylation sites is 2. The summed E-state index contributed by atoms with van der Waals surface area (Å²) in [7, 11) is 0. The molecule has 0 saturated carbocycles. The fourth-order valence-corrected chi connectivity index (χ4v) is 4.04. The van der Waals surface area contributed by atoms with Crippen LogP contribution in [0.1, 0.15) is 16.7 Å². The molecule has 0 unspecified atom stereocenters. The Kier molecular flexibility index (Phi) is 5.27. The molecular formula is C26H26N4O2. The van der Waals surface area contributed by atoms with Crippen LogP contribution in [0.5, 0.6) is 11.5 Å². The number of anilines is 1. The second kappa shape index (κ2) is 8.38. The maximum atomic E-state index is 12.7. The van der Waals surface area contributed by atoms with Gasteiger partial charge < -0.3 is 19.9 Å². The Morgan fingerprint density at radius 3 is 2.38 bits per heavy atom. The topological polar surface area (TPSA) is 57.2 Å². The van der Waals surface area contributed by atoms with Gasteiger partial charge in [-0.15, -0.1) is 0 Å². The first kappa shape index (κ1) is 20.1. The van der Waals surface area contributed by atoms with E-state index in [0.29, 0.717) is 26.2 Å². The van der Waals surface area contributed by atoms with Crippen molar-refractivity contribution in [3.63, 3.8) is 0 Å². The predicted molar refractivity (Wildman–Crippen MR) is 127 cm³/mol. The number of aryl methyl sites for hydroxylation is 2. The van der Waals surface area contributed by atoms with Crippen LogP contribution in [-0.4, -0.2) is 47.8 Å². The lowest BCUT2D eigenvalue weighted by Crippen LogP contribution is -2.51. The van der Waals surface area contributed by atoms with Gasteiger partial charge in [0, 0.05) is 31.9 Å². The molecular weight excluding hydrogens is 400 g/mol. The molecule has 0 bridgehead atoms. The Hall–Kier alpha value is -3.80. The van der Waals surface area contributed by atoms with Gasteiger partial charge in [0.15, 0.2) is 5.75 Å². The summed E-state index contributed by atoms with van der Waals surface area (Å²) in [5, 5.41) is 3.00. The summed E-state index contributed by atoms with van der Waals surface area (Å²) < 4.78 is 6.20. The van der Waals surface area contributed by atoms with E-state index < -0.39 is 0 Å². The number of amidine groups is 1. The third-order valence-electron chi connectivity index (χ3n) is 5.86. The quantitative estimate of drug-likeness (QED) is 0.572. The van der Waals surface area contributed by atoms with Crippen LogP contribution in [0.2, 0.25) is 0 Å². The second-order valence-electron chi connectivity index (χ2n) is 8.28. The smallest absolute Gasteiger partial charge is 0.321 e. The zero-order chi connectivity index (χ0) is 22.1. The molecule has 0 spiro atoms. The molecule has 0 aromatic heterocycles. The van der Waals surface area contributed by atoms with Crippen molar-refractivity contribution in [2.24, 2.45) is 4.99 Å². The lowest BCUT2D eigenvalue weighted by Gasteiger charge is -2.36. The zero-order valence-electron chi connectivity index (χ0n) is 18.3. The third kappa shape index (κ3) is 4.04. The molecule has 0 radical (unpaired) electrons. The molecule has 162 valence electrons. The lowest BCUT2D eigenvalue weighted by molar-refractivity contribution is 0.181. The number of ether oxygens (including phenoxy) is 1. The van der Waals surface area contributed by atoms with E-state index in [1.54, 1.807) is 0 Å². The number of piperazine rings is 1. The number of nitrogens with zero attached hydrogens (tertiary/aromatic N) is 3. The van der Waals surface area contributed by atoms with Gasteiger partial charge >= 0.3 is 6.03 Å². The number of nitrogens with one attached hydrogen (secondary N) is 1. The van der Waals surface area contributed by atoms with Gasteiger partial charge in [-0.25, -0.2) is 9.79 Å². The van der Waals surface area contributed by atoms with Crippen molar-refractivity contribution in [1.29, 1.82) is 0 Å². The Morgan fingerprint density at radius 1 is 0.875 bits per heavy atom. The molecule has 2 heterocycles. The molecule has 1 N–H and O–H groups in total. The number of hydrogen-bond donors (Lipinski definition) is 1. The number of rotatable bonds is 1. The minimum atomic E-state index is -0.0683. The van der Waals surface area contributed by atoms with E-state index >= 15 is 0 Å². The van der Waals surface area contributed by atoms with E-state index in [1.165, 1.54) is 5.56 Å². The Bertz CT molecular complexity index is 1180. The monoisotopic (exact) mass is 426 g/mol. The number of benzene rings is 3. The van der Waals surface area contributed by atoms with E-state index in [-0.39, 0.29) is 6.03 Å². The normalized spacial score (nSPS) is 15.1. The molecule has 5 rings (SSSR count). The van der Waals surface area contributed by atoms with Gasteiger partial charge in [0.05, 0.1) is 5.56 Å². The lowest BCUT2D eigenvalue weighted by atomic mass is 10.1. The summed E-state index contributed by atoms with van der Waals surface area (Å²) in [5.74, 6) is 2.45. The Morgan fingerprint density at radius 2 is 1.59 bits per heavy atom. The highest BCUT2D eigenvalue weighted by Crippen LogP contribution is 2.38. The van der Waals surface area contributed by atoms with E-state index in [2.05, 4.69) is 29.3 Å². The van der Waals surface area contributed by atoms with Crippen LogP contribution in [0.25, 0.3) is 0 Å². The van der Waals surface area contributed by atoms with Crippen LogP contribution in [0.3, 0.4) is 0 Å². The molecule has 2 amide bonds. The maximum Gasteiger partial charge on any atom is 0.321 e. The number of amides is 2. The predicted octanol–water partition coefficient (Wildman–Crippen LogP) is 5.34. The summed E-state index contributed by atoms with van der Waals surface area (Å²) in [5.41, 5.74) is 4.94. The highest BCUT2D eigenvalue weighted by molar-refractivity contribution is 6.04. The maximum absolute atomic E-state index is 12.7. The number of carbonyl (C=O) groups is 1.